The lowest BCUT2D eigenvalue weighted by Crippen LogP contribution is -2.32. The second-order valence-electron chi connectivity index (χ2n) is 4.56. The van der Waals surface area contributed by atoms with Crippen molar-refractivity contribution in [3.05, 3.63) is 28.2 Å². The first-order valence-electron chi connectivity index (χ1n) is 5.95. The van der Waals surface area contributed by atoms with Crippen LogP contribution in [-0.4, -0.2) is 30.4 Å². The van der Waals surface area contributed by atoms with Crippen LogP contribution in [0.5, 0.6) is 5.75 Å². The molecule has 0 heterocycles. The van der Waals surface area contributed by atoms with Crippen molar-refractivity contribution in [1.29, 1.82) is 0 Å². The number of nitrogens with one attached hydrogen (secondary N) is 1. The van der Waals surface area contributed by atoms with E-state index < -0.39 is 6.10 Å². The third-order valence-electron chi connectivity index (χ3n) is 2.79. The van der Waals surface area contributed by atoms with Crippen molar-refractivity contribution in [2.45, 2.75) is 31.9 Å². The van der Waals surface area contributed by atoms with Crippen LogP contribution in [0.15, 0.2) is 22.7 Å². The average Bonchev–Trinajstić information content (AvgIpc) is 3.09. The van der Waals surface area contributed by atoms with Crippen molar-refractivity contribution in [3.8, 4) is 5.75 Å². The van der Waals surface area contributed by atoms with Gasteiger partial charge in [0, 0.05) is 17.1 Å². The fourth-order valence-corrected chi connectivity index (χ4v) is 2.09. The Bertz CT molecular complexity index is 380. The Labute approximate surface area is 110 Å². The van der Waals surface area contributed by atoms with Gasteiger partial charge in [-0.15, -0.1) is 0 Å². The van der Waals surface area contributed by atoms with Crippen LogP contribution in [-0.2, 0) is 0 Å². The highest BCUT2D eigenvalue weighted by molar-refractivity contribution is 9.10. The fraction of sp³-hybridized carbons (Fsp3) is 0.538. The van der Waals surface area contributed by atoms with Gasteiger partial charge in [-0.1, -0.05) is 15.9 Å². The highest BCUT2D eigenvalue weighted by Gasteiger charge is 2.21. The topological polar surface area (TPSA) is 41.5 Å². The van der Waals surface area contributed by atoms with E-state index in [9.17, 15) is 5.11 Å². The summed E-state index contributed by atoms with van der Waals surface area (Å²) in [6, 6.07) is 6.49. The van der Waals surface area contributed by atoms with Crippen LogP contribution in [0, 0.1) is 6.92 Å². The molecule has 94 valence electrons. The molecule has 3 nitrogen and oxygen atoms in total. The molecule has 0 saturated heterocycles. The van der Waals surface area contributed by atoms with Crippen LogP contribution in [0.1, 0.15) is 18.4 Å². The van der Waals surface area contributed by atoms with Gasteiger partial charge in [-0.05, 0) is 43.5 Å². The highest BCUT2D eigenvalue weighted by Crippen LogP contribution is 2.22. The van der Waals surface area contributed by atoms with E-state index in [0.717, 1.165) is 15.8 Å². The first-order chi connectivity index (χ1) is 8.15. The van der Waals surface area contributed by atoms with E-state index in [0.29, 0.717) is 19.2 Å². The van der Waals surface area contributed by atoms with Crippen molar-refractivity contribution in [1.82, 2.24) is 5.32 Å². The lowest BCUT2D eigenvalue weighted by Gasteiger charge is -2.14. The molecule has 0 radical (unpaired) electrons. The summed E-state index contributed by atoms with van der Waals surface area (Å²) in [4.78, 5) is 0. The number of hydrogen-bond donors (Lipinski definition) is 2. The van der Waals surface area contributed by atoms with Gasteiger partial charge in [0.2, 0.25) is 0 Å². The third kappa shape index (κ3) is 4.30. The Kier molecular flexibility index (Phi) is 4.42. The van der Waals surface area contributed by atoms with E-state index in [1.54, 1.807) is 0 Å². The summed E-state index contributed by atoms with van der Waals surface area (Å²) in [7, 11) is 0. The molecule has 1 aliphatic rings. The Morgan fingerprint density at radius 2 is 2.29 bits per heavy atom. The van der Waals surface area contributed by atoms with E-state index in [-0.39, 0.29) is 0 Å². The maximum absolute atomic E-state index is 9.74. The van der Waals surface area contributed by atoms with E-state index in [2.05, 4.69) is 21.2 Å². The number of aliphatic hydroxyl groups is 1. The average molecular weight is 300 g/mol. The molecule has 0 spiro atoms. The van der Waals surface area contributed by atoms with Crippen LogP contribution >= 0.6 is 15.9 Å². The molecule has 1 aliphatic carbocycles. The van der Waals surface area contributed by atoms with Crippen molar-refractivity contribution in [2.24, 2.45) is 0 Å². The number of benzene rings is 1. The number of aryl methyl sites for hydroxylation is 1. The molecule has 1 fully saturated rings. The van der Waals surface area contributed by atoms with Gasteiger partial charge < -0.3 is 15.2 Å². The first kappa shape index (κ1) is 12.9. The summed E-state index contributed by atoms with van der Waals surface area (Å²) in [5.74, 6) is 0.832. The zero-order chi connectivity index (χ0) is 12.3. The number of halogens is 1. The Hall–Kier alpha value is -0.580. The van der Waals surface area contributed by atoms with Gasteiger partial charge in [0.05, 0.1) is 0 Å². The Morgan fingerprint density at radius 3 is 2.94 bits per heavy atom. The molecular weight excluding hydrogens is 282 g/mol. The Morgan fingerprint density at radius 1 is 1.53 bits per heavy atom. The molecule has 1 atom stereocenters. The predicted octanol–water partition coefficient (Wildman–Crippen LogP) is 2.25. The van der Waals surface area contributed by atoms with Gasteiger partial charge in [-0.25, -0.2) is 0 Å². The summed E-state index contributed by atoms with van der Waals surface area (Å²) < 4.78 is 6.64. The zero-order valence-electron chi connectivity index (χ0n) is 9.95. The Balaban J connectivity index is 1.75. The highest BCUT2D eigenvalue weighted by atomic mass is 79.9. The fourth-order valence-electron chi connectivity index (χ4n) is 1.61. The number of aliphatic hydroxyl groups excluding tert-OH is 1. The van der Waals surface area contributed by atoms with Crippen molar-refractivity contribution in [2.75, 3.05) is 13.2 Å². The molecule has 1 unspecified atom stereocenters. The number of hydrogen-bond acceptors (Lipinski definition) is 3. The molecule has 2 rings (SSSR count). The summed E-state index contributed by atoms with van der Waals surface area (Å²) in [5.41, 5.74) is 1.07. The SMILES string of the molecule is Cc1cc(Br)ccc1OCC(O)CNC1CC1. The minimum atomic E-state index is -0.446. The van der Waals surface area contributed by atoms with Crippen molar-refractivity contribution < 1.29 is 9.84 Å². The second kappa shape index (κ2) is 5.85. The molecule has 1 aromatic carbocycles. The molecule has 0 amide bonds. The molecule has 4 heteroatoms. The number of rotatable bonds is 6. The lowest BCUT2D eigenvalue weighted by atomic mass is 10.2. The summed E-state index contributed by atoms with van der Waals surface area (Å²) >= 11 is 3.41. The smallest absolute Gasteiger partial charge is 0.122 e. The molecule has 1 aromatic rings. The number of ether oxygens (including phenoxy) is 1. The quantitative estimate of drug-likeness (QED) is 0.846. The molecule has 2 N–H and O–H groups in total. The van der Waals surface area contributed by atoms with Crippen LogP contribution < -0.4 is 10.1 Å². The third-order valence-corrected chi connectivity index (χ3v) is 3.28. The molecule has 1 saturated carbocycles. The van der Waals surface area contributed by atoms with Crippen LogP contribution in [0.25, 0.3) is 0 Å². The summed E-state index contributed by atoms with van der Waals surface area (Å²) in [6.45, 7) is 2.94. The van der Waals surface area contributed by atoms with Gasteiger partial charge in [0.15, 0.2) is 0 Å². The normalized spacial score (nSPS) is 16.9. The van der Waals surface area contributed by atoms with E-state index in [4.69, 9.17) is 4.74 Å². The van der Waals surface area contributed by atoms with Crippen molar-refractivity contribution in [3.63, 3.8) is 0 Å². The van der Waals surface area contributed by atoms with Crippen LogP contribution in [0.2, 0.25) is 0 Å². The standard InChI is InChI=1S/C13H18BrNO2/c1-9-6-10(14)2-5-13(9)17-8-12(16)7-15-11-3-4-11/h2,5-6,11-12,15-16H,3-4,7-8H2,1H3. The minimum absolute atomic E-state index is 0.336. The largest absolute Gasteiger partial charge is 0.491 e. The summed E-state index contributed by atoms with van der Waals surface area (Å²) in [5, 5.41) is 13.0. The van der Waals surface area contributed by atoms with E-state index in [1.807, 2.05) is 25.1 Å². The molecular formula is C13H18BrNO2. The monoisotopic (exact) mass is 299 g/mol. The summed E-state index contributed by atoms with van der Waals surface area (Å²) in [6.07, 6.45) is 2.03. The van der Waals surface area contributed by atoms with Gasteiger partial charge in [-0.3, -0.25) is 0 Å². The molecule has 0 aliphatic heterocycles. The van der Waals surface area contributed by atoms with Gasteiger partial charge in [-0.2, -0.15) is 0 Å². The van der Waals surface area contributed by atoms with Crippen LogP contribution in [0.4, 0.5) is 0 Å². The van der Waals surface area contributed by atoms with Gasteiger partial charge >= 0.3 is 0 Å². The minimum Gasteiger partial charge on any atom is -0.491 e. The van der Waals surface area contributed by atoms with Gasteiger partial charge in [0.25, 0.3) is 0 Å². The lowest BCUT2D eigenvalue weighted by molar-refractivity contribution is 0.106. The molecule has 0 aromatic heterocycles. The zero-order valence-corrected chi connectivity index (χ0v) is 11.5. The molecule has 0 bridgehead atoms. The molecule has 17 heavy (non-hydrogen) atoms. The van der Waals surface area contributed by atoms with Crippen molar-refractivity contribution >= 4 is 15.9 Å². The first-order valence-corrected chi connectivity index (χ1v) is 6.75. The van der Waals surface area contributed by atoms with Gasteiger partial charge in [0.1, 0.15) is 18.5 Å². The maximum Gasteiger partial charge on any atom is 0.122 e. The van der Waals surface area contributed by atoms with Crippen LogP contribution in [0.3, 0.4) is 0 Å². The predicted molar refractivity (Wildman–Crippen MR) is 71.4 cm³/mol. The van der Waals surface area contributed by atoms with E-state index >= 15 is 0 Å². The second-order valence-corrected chi connectivity index (χ2v) is 5.47. The van der Waals surface area contributed by atoms with E-state index in [1.165, 1.54) is 12.8 Å². The maximum atomic E-state index is 9.74.